The van der Waals surface area contributed by atoms with Gasteiger partial charge in [0.1, 0.15) is 5.82 Å². The SMILES string of the molecule is CC(=O)O[C@H]1O[C@@H](SC2=C(C#N)C(c3ccc4ccccc4c3)C(C#N)=C(N)N2)[C@H](OC(C)=O)[C@@H](OC(C)=O)[C@H]1OC(=O)O. The fraction of sp³-hybridized carbons (Fsp3) is 0.310. The van der Waals surface area contributed by atoms with Crippen LogP contribution in [0.4, 0.5) is 4.79 Å². The van der Waals surface area contributed by atoms with Crippen molar-refractivity contribution in [2.24, 2.45) is 5.73 Å². The van der Waals surface area contributed by atoms with Gasteiger partial charge >= 0.3 is 24.1 Å². The van der Waals surface area contributed by atoms with Crippen LogP contribution in [0.15, 0.2) is 64.5 Å². The van der Waals surface area contributed by atoms with Crippen LogP contribution in [0.3, 0.4) is 0 Å². The van der Waals surface area contributed by atoms with Gasteiger partial charge in [-0.15, -0.1) is 0 Å². The van der Waals surface area contributed by atoms with Crippen molar-refractivity contribution in [3.63, 3.8) is 0 Å². The third-order valence-electron chi connectivity index (χ3n) is 6.52. The summed E-state index contributed by atoms with van der Waals surface area (Å²) in [5.74, 6) is -3.61. The minimum atomic E-state index is -1.82. The highest BCUT2D eigenvalue weighted by Gasteiger charge is 2.54. The maximum atomic E-state index is 12.2. The lowest BCUT2D eigenvalue weighted by molar-refractivity contribution is -0.277. The Morgan fingerprint density at radius 2 is 1.48 bits per heavy atom. The van der Waals surface area contributed by atoms with Crippen molar-refractivity contribution in [2.75, 3.05) is 0 Å². The van der Waals surface area contributed by atoms with E-state index < -0.39 is 60.0 Å². The zero-order valence-electron chi connectivity index (χ0n) is 23.5. The molecule has 44 heavy (non-hydrogen) atoms. The summed E-state index contributed by atoms with van der Waals surface area (Å²) in [6.07, 6.45) is -8.51. The van der Waals surface area contributed by atoms with Gasteiger partial charge in [-0.25, -0.2) is 4.79 Å². The molecule has 4 N–H and O–H groups in total. The molecule has 0 spiro atoms. The van der Waals surface area contributed by atoms with Gasteiger partial charge in [0.2, 0.25) is 12.4 Å². The first-order valence-electron chi connectivity index (χ1n) is 13.0. The van der Waals surface area contributed by atoms with Crippen molar-refractivity contribution in [1.82, 2.24) is 5.32 Å². The number of nitrogens with two attached hydrogens (primary N) is 1. The second-order valence-electron chi connectivity index (χ2n) is 9.55. The van der Waals surface area contributed by atoms with Crippen LogP contribution < -0.4 is 11.1 Å². The number of fused-ring (bicyclic) bond motifs is 1. The molecule has 1 saturated heterocycles. The number of nitrogens with one attached hydrogen (secondary N) is 1. The zero-order chi connectivity index (χ0) is 32.1. The zero-order valence-corrected chi connectivity index (χ0v) is 24.3. The molecule has 15 heteroatoms. The second-order valence-corrected chi connectivity index (χ2v) is 10.7. The number of hydrogen-bond acceptors (Lipinski definition) is 14. The number of nitrogens with zero attached hydrogens (tertiary/aromatic N) is 2. The molecule has 0 aromatic heterocycles. The maximum absolute atomic E-state index is 12.2. The first kappa shape index (κ1) is 31.7. The van der Waals surface area contributed by atoms with Crippen LogP contribution >= 0.6 is 11.8 Å². The van der Waals surface area contributed by atoms with Gasteiger partial charge in [-0.3, -0.25) is 14.4 Å². The summed E-state index contributed by atoms with van der Waals surface area (Å²) in [5.41, 5.74) is 5.59. The molecule has 0 aliphatic carbocycles. The van der Waals surface area contributed by atoms with Crippen LogP contribution in [-0.2, 0) is 38.1 Å². The largest absolute Gasteiger partial charge is 0.506 e. The number of allylic oxidation sites excluding steroid dienone is 2. The molecule has 1 fully saturated rings. The Morgan fingerprint density at radius 3 is 2.07 bits per heavy atom. The molecule has 2 aliphatic rings. The van der Waals surface area contributed by atoms with Gasteiger partial charge in [0.05, 0.1) is 34.2 Å². The van der Waals surface area contributed by atoms with Crippen LogP contribution in [0, 0.1) is 22.7 Å². The summed E-state index contributed by atoms with van der Waals surface area (Å²) in [7, 11) is 0. The molecule has 2 heterocycles. The van der Waals surface area contributed by atoms with E-state index in [1.54, 1.807) is 6.07 Å². The Bertz CT molecular complexity index is 1660. The molecule has 0 bridgehead atoms. The Kier molecular flexibility index (Phi) is 9.63. The third kappa shape index (κ3) is 6.86. The number of dihydropyridines is 1. The van der Waals surface area contributed by atoms with Gasteiger partial charge in [-0.2, -0.15) is 10.5 Å². The molecule has 2 aromatic carbocycles. The first-order valence-corrected chi connectivity index (χ1v) is 13.8. The van der Waals surface area contributed by atoms with Gasteiger partial charge in [0.15, 0.2) is 17.6 Å². The van der Waals surface area contributed by atoms with Crippen LogP contribution in [0.5, 0.6) is 0 Å². The standard InChI is InChI=1S/C29H26N4O10S/c1-13(34)39-22-23(42-29(37)38)27(41-15(3)36)43-28(24(22)40-14(2)35)44-26-20(12-31)21(19(11-30)25(32)33-26)18-9-8-16-6-4-5-7-17(16)10-18/h4-10,21-24,27-28,33H,32H2,1-3H3,(H,37,38)/t21?,22-,23+,24+,27-,28-/m0/s1. The predicted octanol–water partition coefficient (Wildman–Crippen LogP) is 2.86. The summed E-state index contributed by atoms with van der Waals surface area (Å²) in [6, 6.07) is 17.1. The van der Waals surface area contributed by atoms with Crippen molar-refractivity contribution in [3.8, 4) is 12.1 Å². The van der Waals surface area contributed by atoms with E-state index in [4.69, 9.17) is 29.4 Å². The highest BCUT2D eigenvalue weighted by atomic mass is 32.2. The van der Waals surface area contributed by atoms with Crippen molar-refractivity contribution in [3.05, 3.63) is 70.0 Å². The summed E-state index contributed by atoms with van der Waals surface area (Å²) < 4.78 is 26.6. The number of nitriles is 2. The molecule has 1 unspecified atom stereocenters. The van der Waals surface area contributed by atoms with Gasteiger partial charge < -0.3 is 39.8 Å². The van der Waals surface area contributed by atoms with E-state index in [0.717, 1.165) is 43.3 Å². The lowest BCUT2D eigenvalue weighted by atomic mass is 9.83. The predicted molar refractivity (Wildman–Crippen MR) is 151 cm³/mol. The highest BCUT2D eigenvalue weighted by molar-refractivity contribution is 8.03. The van der Waals surface area contributed by atoms with E-state index in [-0.39, 0.29) is 22.0 Å². The van der Waals surface area contributed by atoms with Crippen LogP contribution in [-0.4, -0.2) is 59.2 Å². The number of rotatable bonds is 7. The number of esters is 3. The van der Waals surface area contributed by atoms with Gasteiger partial charge in [0, 0.05) is 20.8 Å². The number of thioether (sulfide) groups is 1. The average Bonchev–Trinajstić information content (AvgIpc) is 2.95. The van der Waals surface area contributed by atoms with Gasteiger partial charge in [0.25, 0.3) is 0 Å². The first-order chi connectivity index (χ1) is 20.9. The molecule has 14 nitrogen and oxygen atoms in total. The highest BCUT2D eigenvalue weighted by Crippen LogP contribution is 2.44. The van der Waals surface area contributed by atoms with Gasteiger partial charge in [-0.05, 0) is 16.3 Å². The van der Waals surface area contributed by atoms with Gasteiger partial charge in [-0.1, -0.05) is 54.2 Å². The fourth-order valence-corrected chi connectivity index (χ4v) is 6.08. The summed E-state index contributed by atoms with van der Waals surface area (Å²) in [5, 5.41) is 34.4. The minimum Gasteiger partial charge on any atom is -0.455 e. The van der Waals surface area contributed by atoms with E-state index in [2.05, 4.69) is 17.5 Å². The number of carbonyl (C=O) groups is 4. The van der Waals surface area contributed by atoms with E-state index in [9.17, 15) is 34.8 Å². The smallest absolute Gasteiger partial charge is 0.455 e. The minimum absolute atomic E-state index is 0.0539. The number of carboxylic acid groups (broad SMARTS) is 1. The fourth-order valence-electron chi connectivity index (χ4n) is 4.87. The maximum Gasteiger partial charge on any atom is 0.506 e. The van der Waals surface area contributed by atoms with Crippen molar-refractivity contribution >= 4 is 46.6 Å². The Morgan fingerprint density at radius 1 is 0.864 bits per heavy atom. The second kappa shape index (κ2) is 13.4. The van der Waals surface area contributed by atoms with Crippen molar-refractivity contribution < 1.29 is 48.0 Å². The molecule has 0 amide bonds. The van der Waals surface area contributed by atoms with E-state index in [0.29, 0.717) is 5.56 Å². The number of carbonyl (C=O) groups excluding carboxylic acids is 3. The van der Waals surface area contributed by atoms with Crippen LogP contribution in [0.25, 0.3) is 10.8 Å². The number of hydrogen-bond donors (Lipinski definition) is 3. The molecule has 0 saturated carbocycles. The summed E-state index contributed by atoms with van der Waals surface area (Å²) in [4.78, 5) is 47.6. The molecule has 4 rings (SSSR count). The van der Waals surface area contributed by atoms with Crippen molar-refractivity contribution in [1.29, 1.82) is 10.5 Å². The van der Waals surface area contributed by atoms with Crippen LogP contribution in [0.2, 0.25) is 0 Å². The monoisotopic (exact) mass is 622 g/mol. The summed E-state index contributed by atoms with van der Waals surface area (Å²) in [6.45, 7) is 3.12. The quantitative estimate of drug-likeness (QED) is 0.298. The number of ether oxygens (including phenoxy) is 5. The van der Waals surface area contributed by atoms with Crippen molar-refractivity contribution in [2.45, 2.75) is 56.7 Å². The summed E-state index contributed by atoms with van der Waals surface area (Å²) >= 11 is 0.763. The average molecular weight is 623 g/mol. The third-order valence-corrected chi connectivity index (χ3v) is 7.69. The molecule has 6 atom stereocenters. The Hall–Kier alpha value is -5.25. The molecule has 2 aromatic rings. The molecule has 228 valence electrons. The molecule has 2 aliphatic heterocycles. The van der Waals surface area contributed by atoms with E-state index >= 15 is 0 Å². The van der Waals surface area contributed by atoms with E-state index in [1.165, 1.54) is 0 Å². The lowest BCUT2D eigenvalue weighted by Gasteiger charge is -2.43. The number of benzene rings is 2. The lowest BCUT2D eigenvalue weighted by Crippen LogP contribution is -2.61. The van der Waals surface area contributed by atoms with Crippen LogP contribution in [0.1, 0.15) is 32.3 Å². The molecular formula is C29H26N4O10S. The normalized spacial score (nSPS) is 24.8. The molecular weight excluding hydrogens is 596 g/mol. The topological polar surface area (TPSA) is 220 Å². The Balaban J connectivity index is 1.82. The van der Waals surface area contributed by atoms with E-state index in [1.807, 2.05) is 36.4 Å². The Labute approximate surface area is 254 Å². The molecule has 0 radical (unpaired) electrons.